The van der Waals surface area contributed by atoms with Crippen LogP contribution in [0.15, 0.2) is 6.33 Å². The monoisotopic (exact) mass is 366 g/mol. The van der Waals surface area contributed by atoms with Gasteiger partial charge < -0.3 is 30.8 Å². The lowest BCUT2D eigenvalue weighted by molar-refractivity contribution is -0.0973. The molecule has 2 aromatic rings. The zero-order chi connectivity index (χ0) is 19.0. The first-order valence-electron chi connectivity index (χ1n) is 8.64. The van der Waals surface area contributed by atoms with Crippen LogP contribution in [0.5, 0.6) is 0 Å². The van der Waals surface area contributed by atoms with E-state index in [4.69, 9.17) is 25.7 Å². The van der Waals surface area contributed by atoms with E-state index in [1.54, 1.807) is 4.57 Å². The van der Waals surface area contributed by atoms with Gasteiger partial charge in [-0.05, 0) is 27.7 Å². The van der Waals surface area contributed by atoms with Crippen LogP contribution in [0.25, 0.3) is 11.2 Å². The summed E-state index contributed by atoms with van der Waals surface area (Å²) in [5.41, 5.74) is 12.3. The average Bonchev–Trinajstić information content (AvgIpc) is 3.08. The van der Waals surface area contributed by atoms with Crippen molar-refractivity contribution in [3.05, 3.63) is 6.33 Å². The first-order chi connectivity index (χ1) is 12.3. The predicted octanol–water partition coefficient (Wildman–Crippen LogP) is 0.468. The molecule has 0 aliphatic carbocycles. The van der Waals surface area contributed by atoms with Crippen LogP contribution in [0.1, 0.15) is 33.9 Å². The number of aliphatic hydroxyl groups is 1. The van der Waals surface area contributed by atoms with Crippen molar-refractivity contribution < 1.29 is 19.3 Å². The lowest BCUT2D eigenvalue weighted by atomic mass is 10.1. The maximum Gasteiger partial charge on any atom is 0.224 e. The summed E-state index contributed by atoms with van der Waals surface area (Å²) in [5.74, 6) is 0.201. The van der Waals surface area contributed by atoms with E-state index in [9.17, 15) is 5.11 Å². The van der Waals surface area contributed by atoms with Crippen molar-refractivity contribution in [2.24, 2.45) is 0 Å². The molecule has 1 fully saturated rings. The lowest BCUT2D eigenvalue weighted by Crippen LogP contribution is -2.38. The third-order valence-corrected chi connectivity index (χ3v) is 4.07. The quantitative estimate of drug-likeness (QED) is 0.664. The molecular weight excluding hydrogens is 340 g/mol. The smallest absolute Gasteiger partial charge is 0.224 e. The molecule has 144 valence electrons. The molecule has 0 amide bonds. The number of aromatic nitrogens is 4. The molecule has 0 spiro atoms. The van der Waals surface area contributed by atoms with Gasteiger partial charge in [0.15, 0.2) is 17.7 Å². The molecule has 0 saturated carbocycles. The van der Waals surface area contributed by atoms with Crippen molar-refractivity contribution in [1.82, 2.24) is 19.5 Å². The minimum absolute atomic E-state index is 0.0268. The summed E-state index contributed by atoms with van der Waals surface area (Å²) in [6, 6.07) is 0. The molecule has 0 aromatic carbocycles. The largest absolute Gasteiger partial charge is 0.386 e. The Hall–Kier alpha value is -2.01. The Morgan fingerprint density at radius 1 is 1.23 bits per heavy atom. The number of nitrogens with zero attached hydrogens (tertiary/aromatic N) is 4. The third-order valence-electron chi connectivity index (χ3n) is 4.07. The van der Waals surface area contributed by atoms with Crippen LogP contribution in [0.4, 0.5) is 11.8 Å². The van der Waals surface area contributed by atoms with Gasteiger partial charge >= 0.3 is 0 Å². The summed E-state index contributed by atoms with van der Waals surface area (Å²) >= 11 is 0. The SMILES string of the molecule is CC(C)OCC1OC(n2cnc3c(N)nc(N)nc32)C(O)C1OC(C)C. The predicted molar refractivity (Wildman–Crippen MR) is 95.2 cm³/mol. The Kier molecular flexibility index (Phi) is 5.28. The highest BCUT2D eigenvalue weighted by Crippen LogP contribution is 2.34. The number of aliphatic hydroxyl groups excluding tert-OH is 1. The molecule has 0 bridgehead atoms. The Morgan fingerprint density at radius 2 is 1.96 bits per heavy atom. The number of nitrogen functional groups attached to an aromatic ring is 2. The number of hydrogen-bond acceptors (Lipinski definition) is 9. The molecular formula is C16H26N6O4. The number of ether oxygens (including phenoxy) is 3. The van der Waals surface area contributed by atoms with E-state index < -0.39 is 24.5 Å². The molecule has 2 aromatic heterocycles. The van der Waals surface area contributed by atoms with Crippen LogP contribution in [-0.4, -0.2) is 61.8 Å². The van der Waals surface area contributed by atoms with Crippen molar-refractivity contribution in [1.29, 1.82) is 0 Å². The Labute approximate surface area is 151 Å². The standard InChI is InChI=1S/C16H26N6O4/c1-7(2)24-5-9-12(25-8(3)4)11(23)15(26-9)22-6-19-10-13(17)20-16(18)21-14(10)22/h6-9,11-12,15,23H,5H2,1-4H3,(H4,17,18,20,21). The van der Waals surface area contributed by atoms with Gasteiger partial charge in [-0.1, -0.05) is 0 Å². The van der Waals surface area contributed by atoms with Crippen LogP contribution >= 0.6 is 0 Å². The van der Waals surface area contributed by atoms with Crippen molar-refractivity contribution in [3.8, 4) is 0 Å². The van der Waals surface area contributed by atoms with Gasteiger partial charge in [-0.2, -0.15) is 9.97 Å². The first-order valence-corrected chi connectivity index (χ1v) is 8.64. The average molecular weight is 366 g/mol. The summed E-state index contributed by atoms with van der Waals surface area (Å²) in [6.45, 7) is 7.98. The number of imidazole rings is 1. The van der Waals surface area contributed by atoms with Gasteiger partial charge in [0.25, 0.3) is 0 Å². The minimum Gasteiger partial charge on any atom is -0.386 e. The van der Waals surface area contributed by atoms with Gasteiger partial charge in [0.2, 0.25) is 5.95 Å². The summed E-state index contributed by atoms with van der Waals surface area (Å²) < 4.78 is 19.2. The van der Waals surface area contributed by atoms with Crippen molar-refractivity contribution in [2.45, 2.75) is 64.4 Å². The van der Waals surface area contributed by atoms with Crippen molar-refractivity contribution in [2.75, 3.05) is 18.1 Å². The second kappa shape index (κ2) is 7.31. The normalized spacial score (nSPS) is 26.4. The van der Waals surface area contributed by atoms with E-state index >= 15 is 0 Å². The summed E-state index contributed by atoms with van der Waals surface area (Å²) in [7, 11) is 0. The van der Waals surface area contributed by atoms with E-state index in [-0.39, 0.29) is 24.0 Å². The first kappa shape index (κ1) is 18.8. The second-order valence-corrected chi connectivity index (χ2v) is 6.88. The topological polar surface area (TPSA) is 144 Å². The molecule has 1 aliphatic rings. The van der Waals surface area contributed by atoms with Gasteiger partial charge in [0, 0.05) is 0 Å². The number of hydrogen-bond donors (Lipinski definition) is 3. The van der Waals surface area contributed by atoms with E-state index in [1.807, 2.05) is 27.7 Å². The fourth-order valence-electron chi connectivity index (χ4n) is 3.00. The fourth-order valence-corrected chi connectivity index (χ4v) is 3.00. The van der Waals surface area contributed by atoms with Crippen LogP contribution < -0.4 is 11.5 Å². The maximum absolute atomic E-state index is 10.8. The van der Waals surface area contributed by atoms with Crippen LogP contribution in [0.3, 0.4) is 0 Å². The number of fused-ring (bicyclic) bond motifs is 1. The van der Waals surface area contributed by atoms with Crippen LogP contribution in [0, 0.1) is 0 Å². The van der Waals surface area contributed by atoms with Gasteiger partial charge in [-0.3, -0.25) is 4.57 Å². The zero-order valence-electron chi connectivity index (χ0n) is 15.4. The van der Waals surface area contributed by atoms with Gasteiger partial charge in [-0.25, -0.2) is 4.98 Å². The zero-order valence-corrected chi connectivity index (χ0v) is 15.4. The molecule has 10 nitrogen and oxygen atoms in total. The highest BCUT2D eigenvalue weighted by atomic mass is 16.6. The molecule has 4 atom stereocenters. The molecule has 26 heavy (non-hydrogen) atoms. The summed E-state index contributed by atoms with van der Waals surface area (Å²) in [5, 5.41) is 10.8. The summed E-state index contributed by atoms with van der Waals surface area (Å²) in [4.78, 5) is 12.3. The summed E-state index contributed by atoms with van der Waals surface area (Å²) in [6.07, 6.45) is -1.21. The molecule has 10 heteroatoms. The second-order valence-electron chi connectivity index (χ2n) is 6.88. The molecule has 1 saturated heterocycles. The van der Waals surface area contributed by atoms with Crippen molar-refractivity contribution >= 4 is 22.9 Å². The Balaban J connectivity index is 1.92. The van der Waals surface area contributed by atoms with E-state index in [0.29, 0.717) is 17.8 Å². The van der Waals surface area contributed by atoms with E-state index in [1.165, 1.54) is 6.33 Å². The molecule has 3 heterocycles. The fraction of sp³-hybridized carbons (Fsp3) is 0.688. The molecule has 5 N–H and O–H groups in total. The lowest BCUT2D eigenvalue weighted by Gasteiger charge is -2.23. The Bertz CT molecular complexity index is 765. The van der Waals surface area contributed by atoms with Gasteiger partial charge in [0.1, 0.15) is 23.8 Å². The van der Waals surface area contributed by atoms with E-state index in [2.05, 4.69) is 15.0 Å². The maximum atomic E-state index is 10.8. The van der Waals surface area contributed by atoms with Crippen LogP contribution in [0.2, 0.25) is 0 Å². The minimum atomic E-state index is -0.937. The molecule has 1 aliphatic heterocycles. The third kappa shape index (κ3) is 3.58. The van der Waals surface area contributed by atoms with Crippen molar-refractivity contribution in [3.63, 3.8) is 0 Å². The van der Waals surface area contributed by atoms with Crippen LogP contribution in [-0.2, 0) is 14.2 Å². The molecule has 3 rings (SSSR count). The number of nitrogens with two attached hydrogens (primary N) is 2. The van der Waals surface area contributed by atoms with E-state index in [0.717, 1.165) is 0 Å². The molecule has 0 radical (unpaired) electrons. The molecule has 4 unspecified atom stereocenters. The number of anilines is 2. The highest BCUT2D eigenvalue weighted by Gasteiger charge is 2.46. The number of rotatable bonds is 6. The highest BCUT2D eigenvalue weighted by molar-refractivity contribution is 5.82. The van der Waals surface area contributed by atoms with Gasteiger partial charge in [-0.15, -0.1) is 0 Å². The Morgan fingerprint density at radius 3 is 2.62 bits per heavy atom. The van der Waals surface area contributed by atoms with Gasteiger partial charge in [0.05, 0.1) is 25.1 Å².